The molecule has 1 aromatic heterocycles. The van der Waals surface area contributed by atoms with E-state index in [0.717, 1.165) is 31.6 Å². The highest BCUT2D eigenvalue weighted by molar-refractivity contribution is 7.98. The van der Waals surface area contributed by atoms with E-state index in [2.05, 4.69) is 20.9 Å². The predicted molar refractivity (Wildman–Crippen MR) is 99.3 cm³/mol. The third-order valence-electron chi connectivity index (χ3n) is 4.21. The van der Waals surface area contributed by atoms with Crippen LogP contribution in [0, 0.1) is 12.7 Å². The Kier molecular flexibility index (Phi) is 6.80. The average Bonchev–Trinajstić information content (AvgIpc) is 2.97. The molecule has 1 aromatic carbocycles. The molecule has 9 heteroatoms. The van der Waals surface area contributed by atoms with E-state index in [0.29, 0.717) is 10.6 Å². The lowest BCUT2D eigenvalue weighted by molar-refractivity contribution is 0.102. The zero-order valence-corrected chi connectivity index (χ0v) is 15.7. The summed E-state index contributed by atoms with van der Waals surface area (Å²) in [7, 11) is 0. The van der Waals surface area contributed by atoms with Gasteiger partial charge in [-0.05, 0) is 57.3 Å². The quantitative estimate of drug-likeness (QED) is 0.791. The summed E-state index contributed by atoms with van der Waals surface area (Å²) >= 11 is 1.32. The van der Waals surface area contributed by atoms with Gasteiger partial charge < -0.3 is 10.6 Å². The van der Waals surface area contributed by atoms with E-state index in [4.69, 9.17) is 0 Å². The smallest absolute Gasteiger partial charge is 0.278 e. The van der Waals surface area contributed by atoms with Crippen LogP contribution in [0.15, 0.2) is 23.1 Å². The number of piperidine rings is 1. The van der Waals surface area contributed by atoms with Crippen molar-refractivity contribution in [2.75, 3.05) is 24.7 Å². The Labute approximate surface area is 156 Å². The molecule has 1 amide bonds. The lowest BCUT2D eigenvalue weighted by atomic mass is 10.1. The van der Waals surface area contributed by atoms with Crippen LogP contribution >= 0.6 is 24.2 Å². The predicted octanol–water partition coefficient (Wildman–Crippen LogP) is 3.05. The maximum absolute atomic E-state index is 13.8. The summed E-state index contributed by atoms with van der Waals surface area (Å²) in [4.78, 5) is 13.0. The number of halogens is 2. The molecule has 1 fully saturated rings. The first-order valence-corrected chi connectivity index (χ1v) is 9.10. The van der Waals surface area contributed by atoms with Gasteiger partial charge >= 0.3 is 0 Å². The number of carbonyl (C=O) groups is 1. The fraction of sp³-hybridized carbons (Fsp3) is 0.438. The Bertz CT molecular complexity index is 748. The summed E-state index contributed by atoms with van der Waals surface area (Å²) in [5.41, 5.74) is 1.43. The van der Waals surface area contributed by atoms with Crippen molar-refractivity contribution in [3.05, 3.63) is 35.4 Å². The number of hydrogen-bond donors (Lipinski definition) is 2. The van der Waals surface area contributed by atoms with Crippen molar-refractivity contribution in [2.45, 2.75) is 30.7 Å². The normalized spacial score (nSPS) is 14.8. The Balaban J connectivity index is 0.00000225. The number of amides is 1. The van der Waals surface area contributed by atoms with E-state index in [9.17, 15) is 9.18 Å². The highest BCUT2D eigenvalue weighted by Crippen LogP contribution is 2.23. The maximum Gasteiger partial charge on any atom is 0.278 e. The van der Waals surface area contributed by atoms with Gasteiger partial charge in [-0.2, -0.15) is 0 Å². The Morgan fingerprint density at radius 2 is 2.12 bits per heavy atom. The van der Waals surface area contributed by atoms with E-state index in [1.54, 1.807) is 18.4 Å². The van der Waals surface area contributed by atoms with E-state index in [1.807, 2.05) is 11.6 Å². The molecule has 6 nitrogen and oxygen atoms in total. The highest BCUT2D eigenvalue weighted by Gasteiger charge is 2.23. The number of thioether (sulfide) groups is 1. The summed E-state index contributed by atoms with van der Waals surface area (Å²) in [6.07, 6.45) is 3.73. The molecule has 1 aliphatic rings. The number of carbonyl (C=O) groups excluding carboxylic acids is 1. The van der Waals surface area contributed by atoms with Crippen molar-refractivity contribution in [1.82, 2.24) is 20.3 Å². The molecule has 0 saturated carbocycles. The van der Waals surface area contributed by atoms with Crippen LogP contribution in [0.5, 0.6) is 0 Å². The van der Waals surface area contributed by atoms with Gasteiger partial charge in [0, 0.05) is 10.6 Å². The molecule has 1 saturated heterocycles. The number of nitrogens with one attached hydrogen (secondary N) is 2. The van der Waals surface area contributed by atoms with Gasteiger partial charge in [-0.3, -0.25) is 4.79 Å². The zero-order chi connectivity index (χ0) is 17.1. The van der Waals surface area contributed by atoms with Gasteiger partial charge in [0.15, 0.2) is 5.69 Å². The molecule has 25 heavy (non-hydrogen) atoms. The molecule has 136 valence electrons. The molecule has 2 N–H and O–H groups in total. The average molecular weight is 386 g/mol. The fourth-order valence-electron chi connectivity index (χ4n) is 2.88. The van der Waals surface area contributed by atoms with Crippen LogP contribution in [0.25, 0.3) is 0 Å². The number of anilines is 1. The van der Waals surface area contributed by atoms with Crippen LogP contribution < -0.4 is 10.6 Å². The molecule has 0 spiro atoms. The first kappa shape index (κ1) is 19.7. The van der Waals surface area contributed by atoms with Crippen molar-refractivity contribution in [3.8, 4) is 0 Å². The number of aromatic nitrogens is 3. The molecule has 0 aliphatic carbocycles. The van der Waals surface area contributed by atoms with Crippen LogP contribution in [-0.4, -0.2) is 40.2 Å². The first-order valence-electron chi connectivity index (χ1n) is 7.87. The topological polar surface area (TPSA) is 71.8 Å². The van der Waals surface area contributed by atoms with Crippen molar-refractivity contribution in [2.24, 2.45) is 0 Å². The molecular weight excluding hydrogens is 365 g/mol. The summed E-state index contributed by atoms with van der Waals surface area (Å²) < 4.78 is 15.6. The summed E-state index contributed by atoms with van der Waals surface area (Å²) in [5.74, 6) is -0.723. The van der Waals surface area contributed by atoms with Crippen molar-refractivity contribution in [1.29, 1.82) is 0 Å². The molecule has 2 heterocycles. The summed E-state index contributed by atoms with van der Waals surface area (Å²) in [6.45, 7) is 3.72. The van der Waals surface area contributed by atoms with Gasteiger partial charge in [0.25, 0.3) is 5.91 Å². The lowest BCUT2D eigenvalue weighted by Crippen LogP contribution is -2.30. The van der Waals surface area contributed by atoms with Crippen molar-refractivity contribution < 1.29 is 9.18 Å². The van der Waals surface area contributed by atoms with Gasteiger partial charge in [0.05, 0.1) is 11.7 Å². The minimum absolute atomic E-state index is 0. The van der Waals surface area contributed by atoms with E-state index in [1.165, 1.54) is 17.8 Å². The standard InChI is InChI=1S/C16H20FN5OS.ClH/c1-10-15(20-21-22(10)12-5-7-18-8-6-12)16(23)19-11-3-4-14(24-2)13(17)9-11;/h3-4,9,12,18H,5-8H2,1-2H3,(H,19,23);1H. The third kappa shape index (κ3) is 4.31. The van der Waals surface area contributed by atoms with Gasteiger partial charge in [0.2, 0.25) is 0 Å². The first-order chi connectivity index (χ1) is 11.6. The van der Waals surface area contributed by atoms with Gasteiger partial charge in [-0.1, -0.05) is 5.21 Å². The molecule has 2 aromatic rings. The van der Waals surface area contributed by atoms with Crippen LogP contribution in [0.3, 0.4) is 0 Å². The van der Waals surface area contributed by atoms with Crippen molar-refractivity contribution in [3.63, 3.8) is 0 Å². The Hall–Kier alpha value is -1.64. The lowest BCUT2D eigenvalue weighted by Gasteiger charge is -2.23. The number of nitrogens with zero attached hydrogens (tertiary/aromatic N) is 3. The molecule has 3 rings (SSSR count). The number of rotatable bonds is 4. The largest absolute Gasteiger partial charge is 0.320 e. The molecule has 0 atom stereocenters. The highest BCUT2D eigenvalue weighted by atomic mass is 35.5. The van der Waals surface area contributed by atoms with E-state index >= 15 is 0 Å². The SMILES string of the molecule is CSc1ccc(NC(=O)c2nnn(C3CCNCC3)c2C)cc1F.Cl. The van der Waals surface area contributed by atoms with E-state index < -0.39 is 0 Å². The van der Waals surface area contributed by atoms with Gasteiger partial charge in [-0.25, -0.2) is 9.07 Å². The van der Waals surface area contributed by atoms with Gasteiger partial charge in [0.1, 0.15) is 5.82 Å². The number of benzene rings is 1. The fourth-order valence-corrected chi connectivity index (χ4v) is 3.34. The molecule has 0 bridgehead atoms. The minimum Gasteiger partial charge on any atom is -0.320 e. The zero-order valence-electron chi connectivity index (χ0n) is 14.1. The van der Waals surface area contributed by atoms with Crippen LogP contribution in [0.4, 0.5) is 10.1 Å². The second kappa shape index (κ2) is 8.64. The summed E-state index contributed by atoms with van der Waals surface area (Å²) in [6, 6.07) is 4.91. The Morgan fingerprint density at radius 1 is 1.40 bits per heavy atom. The number of hydrogen-bond acceptors (Lipinski definition) is 5. The van der Waals surface area contributed by atoms with Gasteiger partial charge in [-0.15, -0.1) is 29.3 Å². The van der Waals surface area contributed by atoms with Crippen LogP contribution in [0.2, 0.25) is 0 Å². The second-order valence-corrected chi connectivity index (χ2v) is 6.60. The molecule has 0 radical (unpaired) electrons. The van der Waals surface area contributed by atoms with Crippen molar-refractivity contribution >= 4 is 35.8 Å². The minimum atomic E-state index is -0.371. The summed E-state index contributed by atoms with van der Waals surface area (Å²) in [5, 5.41) is 14.2. The van der Waals surface area contributed by atoms with Crippen LogP contribution in [-0.2, 0) is 0 Å². The Morgan fingerprint density at radius 3 is 2.76 bits per heavy atom. The molecule has 1 aliphatic heterocycles. The molecule has 0 unspecified atom stereocenters. The van der Waals surface area contributed by atoms with E-state index in [-0.39, 0.29) is 35.9 Å². The van der Waals surface area contributed by atoms with Crippen LogP contribution in [0.1, 0.15) is 35.1 Å². The second-order valence-electron chi connectivity index (χ2n) is 5.75. The maximum atomic E-state index is 13.8. The third-order valence-corrected chi connectivity index (χ3v) is 4.98. The molecular formula is C16H21ClFN5OS. The monoisotopic (exact) mass is 385 g/mol.